The fraction of sp³-hybridized carbons (Fsp3) is 0.581. The zero-order valence-electron chi connectivity index (χ0n) is 26.7. The van der Waals surface area contributed by atoms with Crippen molar-refractivity contribution >= 4 is 30.7 Å². The summed E-state index contributed by atoms with van der Waals surface area (Å²) < 4.78 is 117. The maximum atomic E-state index is 14.1. The minimum absolute atomic E-state index is 0. The molecule has 2 aromatic rings. The summed E-state index contributed by atoms with van der Waals surface area (Å²) in [4.78, 5) is 19.3. The molecule has 0 N–H and O–H groups in total. The number of carbonyl (C=O) groups excluding carboxylic acids is 1. The molecule has 8 nitrogen and oxygen atoms in total. The monoisotopic (exact) mass is 737 g/mol. The maximum absolute atomic E-state index is 14.1. The van der Waals surface area contributed by atoms with Gasteiger partial charge in [-0.3, -0.25) is 14.6 Å². The van der Waals surface area contributed by atoms with Gasteiger partial charge >= 0.3 is 12.4 Å². The molecule has 2 aliphatic heterocycles. The molecule has 2 aliphatic rings. The first-order chi connectivity index (χ1) is 21.7. The number of nitrogens with zero attached hydrogens (tertiary/aromatic N) is 3. The second-order valence-corrected chi connectivity index (χ2v) is 11.6. The number of morpholine rings is 1. The fourth-order valence-corrected chi connectivity index (χ4v) is 6.05. The van der Waals surface area contributed by atoms with E-state index in [2.05, 4.69) is 9.80 Å². The lowest BCUT2D eigenvalue weighted by Crippen LogP contribution is -2.59. The molecule has 4 rings (SSSR count). The van der Waals surface area contributed by atoms with Gasteiger partial charge in [0, 0.05) is 71.6 Å². The third kappa shape index (κ3) is 10.6. The zero-order valence-corrected chi connectivity index (χ0v) is 28.3. The van der Waals surface area contributed by atoms with E-state index in [4.69, 9.17) is 18.9 Å². The van der Waals surface area contributed by atoms with Crippen LogP contribution in [0.4, 0.5) is 30.7 Å². The van der Waals surface area contributed by atoms with E-state index in [0.29, 0.717) is 70.2 Å². The highest BCUT2D eigenvalue weighted by atomic mass is 35.5. The van der Waals surface area contributed by atoms with Crippen LogP contribution in [-0.2, 0) is 33.0 Å². The molecule has 0 saturated carbocycles. The number of hydrogen-bond donors (Lipinski definition) is 0. The normalized spacial score (nSPS) is 19.0. The molecule has 0 spiro atoms. The Labute approximate surface area is 287 Å². The van der Waals surface area contributed by atoms with Crippen LogP contribution in [0.3, 0.4) is 0 Å². The quantitative estimate of drug-likeness (QED) is 0.285. The van der Waals surface area contributed by atoms with E-state index in [1.54, 1.807) is 14.2 Å². The third-order valence-corrected chi connectivity index (χ3v) is 8.22. The summed E-state index contributed by atoms with van der Waals surface area (Å²) in [5.74, 6) is -1.58. The van der Waals surface area contributed by atoms with Crippen molar-refractivity contribution in [1.82, 2.24) is 14.7 Å². The molecule has 272 valence electrons. The van der Waals surface area contributed by atoms with E-state index in [9.17, 15) is 35.5 Å². The topological polar surface area (TPSA) is 63.7 Å². The summed E-state index contributed by atoms with van der Waals surface area (Å²) in [6.45, 7) is 4.26. The number of alkyl halides is 6. The van der Waals surface area contributed by atoms with E-state index in [-0.39, 0.29) is 56.1 Å². The summed E-state index contributed by atoms with van der Waals surface area (Å²) in [6.07, 6.45) is -10.0. The summed E-state index contributed by atoms with van der Waals surface area (Å²) >= 11 is 0. The summed E-state index contributed by atoms with van der Waals surface area (Å²) in [6, 6.07) is 4.42. The second-order valence-electron chi connectivity index (χ2n) is 11.6. The number of methoxy groups -OCH3 is 3. The lowest BCUT2D eigenvalue weighted by atomic mass is 9.98. The van der Waals surface area contributed by atoms with Gasteiger partial charge in [-0.05, 0) is 42.3 Å². The van der Waals surface area contributed by atoms with Crippen LogP contribution < -0.4 is 4.74 Å². The molecule has 0 radical (unpaired) electrons. The molecule has 17 heteroatoms. The predicted molar refractivity (Wildman–Crippen MR) is 168 cm³/mol. The standard InChI is InChI=1S/C31H38F7N3O5.2ClH/c1-43-19-29(20-44-2)18-40(10-11-46-29)7-6-39-8-9-41(25(17-39)12-21-4-5-26(32)27(13-21)45-3)28(42)22-14-23(30(33,34)35)16-24(15-22)31(36,37)38;;/h4-5,13-16,25H,6-12,17-20H2,1-3H3;2*1H. The van der Waals surface area contributed by atoms with Gasteiger partial charge in [-0.1, -0.05) is 6.07 Å². The lowest BCUT2D eigenvalue weighted by molar-refractivity contribution is -0.164. The van der Waals surface area contributed by atoms with E-state index < -0.39 is 52.4 Å². The van der Waals surface area contributed by atoms with Gasteiger partial charge in [0.25, 0.3) is 5.91 Å². The van der Waals surface area contributed by atoms with Crippen molar-refractivity contribution in [2.24, 2.45) is 0 Å². The Hall–Kier alpha value is -2.40. The number of halogens is 9. The molecule has 2 saturated heterocycles. The van der Waals surface area contributed by atoms with Gasteiger partial charge in [0.1, 0.15) is 5.60 Å². The molecule has 2 fully saturated rings. The first-order valence-electron chi connectivity index (χ1n) is 14.7. The minimum atomic E-state index is -5.09. The molecular formula is C31H40Cl2F7N3O5. The SMILES string of the molecule is COCC1(COC)CN(CCN2CCN(C(=O)c3cc(C(F)(F)F)cc(C(F)(F)F)c3)C(Cc3ccc(F)c(OC)c3)C2)CCO1.Cl.Cl. The molecule has 2 heterocycles. The zero-order chi connectivity index (χ0) is 33.7. The van der Waals surface area contributed by atoms with Crippen LogP contribution in [0, 0.1) is 5.82 Å². The van der Waals surface area contributed by atoms with Crippen LogP contribution in [0.2, 0.25) is 0 Å². The Morgan fingerprint density at radius 1 is 0.875 bits per heavy atom. The molecule has 1 atom stereocenters. The fourth-order valence-electron chi connectivity index (χ4n) is 6.05. The van der Waals surface area contributed by atoms with E-state index in [1.165, 1.54) is 30.2 Å². The van der Waals surface area contributed by atoms with Crippen molar-refractivity contribution < 1.29 is 54.5 Å². The summed E-state index contributed by atoms with van der Waals surface area (Å²) in [5, 5.41) is 0. The van der Waals surface area contributed by atoms with Gasteiger partial charge in [0.2, 0.25) is 0 Å². The van der Waals surface area contributed by atoms with Crippen LogP contribution in [0.5, 0.6) is 5.75 Å². The third-order valence-electron chi connectivity index (χ3n) is 8.22. The molecule has 0 aliphatic carbocycles. The van der Waals surface area contributed by atoms with Gasteiger partial charge in [-0.25, -0.2) is 4.39 Å². The number of rotatable bonds is 11. The minimum Gasteiger partial charge on any atom is -0.494 e. The number of benzene rings is 2. The lowest BCUT2D eigenvalue weighted by Gasteiger charge is -2.44. The predicted octanol–water partition coefficient (Wildman–Crippen LogP) is 5.45. The van der Waals surface area contributed by atoms with Gasteiger partial charge in [0.15, 0.2) is 11.6 Å². The van der Waals surface area contributed by atoms with Gasteiger partial charge in [0.05, 0.1) is 38.1 Å². The van der Waals surface area contributed by atoms with Gasteiger partial charge < -0.3 is 23.8 Å². The molecule has 0 aromatic heterocycles. The number of amides is 1. The molecule has 1 amide bonds. The van der Waals surface area contributed by atoms with Crippen molar-refractivity contribution in [3.05, 3.63) is 64.5 Å². The van der Waals surface area contributed by atoms with Crippen molar-refractivity contribution in [1.29, 1.82) is 0 Å². The van der Waals surface area contributed by atoms with Crippen LogP contribution >= 0.6 is 24.8 Å². The number of carbonyl (C=O) groups is 1. The highest BCUT2D eigenvalue weighted by Crippen LogP contribution is 2.37. The maximum Gasteiger partial charge on any atom is 0.416 e. The average molecular weight is 739 g/mol. The smallest absolute Gasteiger partial charge is 0.416 e. The summed E-state index contributed by atoms with van der Waals surface area (Å²) in [5.41, 5.74) is -3.88. The van der Waals surface area contributed by atoms with Crippen molar-refractivity contribution in [2.45, 2.75) is 30.4 Å². The van der Waals surface area contributed by atoms with Crippen molar-refractivity contribution in [3.8, 4) is 5.75 Å². The Morgan fingerprint density at radius 2 is 1.48 bits per heavy atom. The van der Waals surface area contributed by atoms with E-state index >= 15 is 0 Å². The molecule has 48 heavy (non-hydrogen) atoms. The Morgan fingerprint density at radius 3 is 2.04 bits per heavy atom. The Bertz CT molecular complexity index is 1310. The molecule has 1 unspecified atom stereocenters. The molecule has 0 bridgehead atoms. The highest BCUT2D eigenvalue weighted by molar-refractivity contribution is 5.95. The van der Waals surface area contributed by atoms with Crippen molar-refractivity contribution in [2.75, 3.05) is 87.0 Å². The Kier molecular flexibility index (Phi) is 15.2. The van der Waals surface area contributed by atoms with Crippen LogP contribution in [-0.4, -0.2) is 119 Å². The largest absolute Gasteiger partial charge is 0.494 e. The number of ether oxygens (including phenoxy) is 4. The highest BCUT2D eigenvalue weighted by Gasteiger charge is 2.40. The van der Waals surface area contributed by atoms with Gasteiger partial charge in [-0.15, -0.1) is 24.8 Å². The van der Waals surface area contributed by atoms with Crippen LogP contribution in [0.25, 0.3) is 0 Å². The first kappa shape index (κ1) is 41.8. The number of hydrogen-bond acceptors (Lipinski definition) is 7. The second kappa shape index (κ2) is 17.5. The molecule has 2 aromatic carbocycles. The van der Waals surface area contributed by atoms with E-state index in [0.717, 1.165) is 0 Å². The van der Waals surface area contributed by atoms with E-state index in [1.807, 2.05) is 0 Å². The van der Waals surface area contributed by atoms with Crippen molar-refractivity contribution in [3.63, 3.8) is 0 Å². The average Bonchev–Trinajstić information content (AvgIpc) is 3.00. The summed E-state index contributed by atoms with van der Waals surface area (Å²) in [7, 11) is 4.47. The van der Waals surface area contributed by atoms with Gasteiger partial charge in [-0.2, -0.15) is 26.3 Å². The van der Waals surface area contributed by atoms with Crippen LogP contribution in [0.1, 0.15) is 27.0 Å². The Balaban J connectivity index is 0.00000400. The first-order valence-corrected chi connectivity index (χ1v) is 14.7. The van der Waals surface area contributed by atoms with Crippen LogP contribution in [0.15, 0.2) is 36.4 Å². The molecular weight excluding hydrogens is 698 g/mol. The number of piperazine rings is 1.